The van der Waals surface area contributed by atoms with Crippen LogP contribution >= 0.6 is 0 Å². The smallest absolute Gasteiger partial charge is 0.245 e. The van der Waals surface area contributed by atoms with Crippen LogP contribution in [0.4, 0.5) is 5.95 Å². The van der Waals surface area contributed by atoms with E-state index in [2.05, 4.69) is 20.1 Å². The zero-order chi connectivity index (χ0) is 13.2. The Balaban J connectivity index is 1.78. The van der Waals surface area contributed by atoms with Crippen molar-refractivity contribution in [3.63, 3.8) is 0 Å². The number of piperidine rings is 1. The van der Waals surface area contributed by atoms with Crippen molar-refractivity contribution in [3.8, 4) is 0 Å². The van der Waals surface area contributed by atoms with Gasteiger partial charge in [0.25, 0.3) is 0 Å². The Kier molecular flexibility index (Phi) is 3.29. The lowest BCUT2D eigenvalue weighted by molar-refractivity contribution is 0.109. The minimum atomic E-state index is -0.224. The Labute approximate surface area is 112 Å². The van der Waals surface area contributed by atoms with Gasteiger partial charge in [0.2, 0.25) is 5.95 Å². The van der Waals surface area contributed by atoms with Gasteiger partial charge >= 0.3 is 0 Å². The van der Waals surface area contributed by atoms with E-state index in [1.807, 2.05) is 31.2 Å². The van der Waals surface area contributed by atoms with E-state index in [4.69, 9.17) is 0 Å². The van der Waals surface area contributed by atoms with Gasteiger partial charge in [-0.25, -0.2) is 4.98 Å². The van der Waals surface area contributed by atoms with Gasteiger partial charge in [-0.1, -0.05) is 12.1 Å². The fourth-order valence-corrected chi connectivity index (χ4v) is 2.59. The van der Waals surface area contributed by atoms with E-state index in [0.717, 1.165) is 37.0 Å². The van der Waals surface area contributed by atoms with Crippen molar-refractivity contribution in [1.82, 2.24) is 15.2 Å². The van der Waals surface area contributed by atoms with Crippen LogP contribution in [0.15, 0.2) is 24.3 Å². The first kappa shape index (κ1) is 12.3. The van der Waals surface area contributed by atoms with Crippen LogP contribution in [0.1, 0.15) is 19.8 Å². The van der Waals surface area contributed by atoms with Crippen LogP contribution in [0.2, 0.25) is 0 Å². The molecular formula is C14H18N4O. The SMILES string of the molecule is CC(O)C1CCN(c2nnc3ccccc3n2)CC1. The summed E-state index contributed by atoms with van der Waals surface area (Å²) in [6, 6.07) is 7.77. The average molecular weight is 258 g/mol. The maximum absolute atomic E-state index is 9.61. The van der Waals surface area contributed by atoms with Crippen LogP contribution in [0.3, 0.4) is 0 Å². The number of hydrogen-bond donors (Lipinski definition) is 1. The van der Waals surface area contributed by atoms with Crippen molar-refractivity contribution in [2.75, 3.05) is 18.0 Å². The molecule has 0 aliphatic carbocycles. The van der Waals surface area contributed by atoms with Crippen molar-refractivity contribution >= 4 is 17.0 Å². The number of aromatic nitrogens is 3. The molecule has 1 unspecified atom stereocenters. The minimum Gasteiger partial charge on any atom is -0.393 e. The molecule has 1 N–H and O–H groups in total. The largest absolute Gasteiger partial charge is 0.393 e. The molecule has 19 heavy (non-hydrogen) atoms. The molecule has 0 bridgehead atoms. The molecule has 0 spiro atoms. The third kappa shape index (κ3) is 2.51. The molecule has 1 fully saturated rings. The van der Waals surface area contributed by atoms with E-state index in [1.54, 1.807) is 0 Å². The van der Waals surface area contributed by atoms with Gasteiger partial charge in [-0.15, -0.1) is 10.2 Å². The number of aliphatic hydroxyl groups is 1. The zero-order valence-corrected chi connectivity index (χ0v) is 11.0. The summed E-state index contributed by atoms with van der Waals surface area (Å²) < 4.78 is 0. The molecule has 1 aromatic carbocycles. The second-order valence-corrected chi connectivity index (χ2v) is 5.17. The average Bonchev–Trinajstić information content (AvgIpc) is 2.47. The molecule has 1 saturated heterocycles. The monoisotopic (exact) mass is 258 g/mol. The topological polar surface area (TPSA) is 62.1 Å². The molecule has 1 aliphatic rings. The van der Waals surface area contributed by atoms with Crippen molar-refractivity contribution in [1.29, 1.82) is 0 Å². The van der Waals surface area contributed by atoms with Gasteiger partial charge in [-0.2, -0.15) is 0 Å². The fraction of sp³-hybridized carbons (Fsp3) is 0.500. The molecule has 0 saturated carbocycles. The van der Waals surface area contributed by atoms with Crippen LogP contribution in [-0.2, 0) is 0 Å². The Morgan fingerprint density at radius 1 is 1.16 bits per heavy atom. The fourth-order valence-electron chi connectivity index (χ4n) is 2.59. The lowest BCUT2D eigenvalue weighted by Crippen LogP contribution is -2.38. The highest BCUT2D eigenvalue weighted by Crippen LogP contribution is 2.23. The molecule has 1 atom stereocenters. The molecule has 5 nitrogen and oxygen atoms in total. The van der Waals surface area contributed by atoms with Crippen LogP contribution in [0, 0.1) is 5.92 Å². The second-order valence-electron chi connectivity index (χ2n) is 5.17. The quantitative estimate of drug-likeness (QED) is 0.887. The minimum absolute atomic E-state index is 0.224. The summed E-state index contributed by atoms with van der Waals surface area (Å²) in [6.07, 6.45) is 1.74. The Morgan fingerprint density at radius 2 is 1.84 bits per heavy atom. The molecule has 2 aromatic rings. The molecule has 5 heteroatoms. The Morgan fingerprint density at radius 3 is 2.53 bits per heavy atom. The zero-order valence-electron chi connectivity index (χ0n) is 11.0. The summed E-state index contributed by atoms with van der Waals surface area (Å²) in [5.41, 5.74) is 1.70. The van der Waals surface area contributed by atoms with Gasteiger partial charge in [-0.3, -0.25) is 0 Å². The first-order valence-corrected chi connectivity index (χ1v) is 6.76. The molecule has 1 aromatic heterocycles. The van der Waals surface area contributed by atoms with Crippen molar-refractivity contribution < 1.29 is 5.11 Å². The first-order chi connectivity index (χ1) is 9.24. The van der Waals surface area contributed by atoms with Crippen molar-refractivity contribution in [2.45, 2.75) is 25.9 Å². The van der Waals surface area contributed by atoms with Gasteiger partial charge in [0.15, 0.2) is 0 Å². The van der Waals surface area contributed by atoms with E-state index in [-0.39, 0.29) is 6.10 Å². The Bertz CT molecular complexity index is 564. The van der Waals surface area contributed by atoms with Gasteiger partial charge in [0.05, 0.1) is 11.6 Å². The summed E-state index contributed by atoms with van der Waals surface area (Å²) >= 11 is 0. The Hall–Kier alpha value is -1.75. The molecule has 100 valence electrons. The number of anilines is 1. The summed E-state index contributed by atoms with van der Waals surface area (Å²) in [6.45, 7) is 3.64. The standard InChI is InChI=1S/C14H18N4O/c1-10(19)11-6-8-18(9-7-11)14-15-12-4-2-3-5-13(12)16-17-14/h2-5,10-11,19H,6-9H2,1H3. The number of nitrogens with zero attached hydrogens (tertiary/aromatic N) is 4. The number of hydrogen-bond acceptors (Lipinski definition) is 5. The summed E-state index contributed by atoms with van der Waals surface area (Å²) in [4.78, 5) is 6.71. The van der Waals surface area contributed by atoms with Crippen LogP contribution in [-0.4, -0.2) is 39.5 Å². The highest BCUT2D eigenvalue weighted by atomic mass is 16.3. The highest BCUT2D eigenvalue weighted by molar-refractivity contribution is 5.74. The molecule has 3 rings (SSSR count). The van der Waals surface area contributed by atoms with E-state index >= 15 is 0 Å². The van der Waals surface area contributed by atoms with Crippen LogP contribution < -0.4 is 4.90 Å². The molecule has 0 amide bonds. The van der Waals surface area contributed by atoms with Crippen LogP contribution in [0.5, 0.6) is 0 Å². The maximum atomic E-state index is 9.61. The van der Waals surface area contributed by atoms with Gasteiger partial charge in [0.1, 0.15) is 5.52 Å². The number of benzene rings is 1. The van der Waals surface area contributed by atoms with Crippen LogP contribution in [0.25, 0.3) is 11.0 Å². The predicted molar refractivity (Wildman–Crippen MR) is 74.0 cm³/mol. The first-order valence-electron chi connectivity index (χ1n) is 6.76. The molecule has 1 aliphatic heterocycles. The normalized spacial score (nSPS) is 18.7. The lowest BCUT2D eigenvalue weighted by Gasteiger charge is -2.32. The molecule has 2 heterocycles. The molecular weight excluding hydrogens is 240 g/mol. The third-order valence-corrected chi connectivity index (χ3v) is 3.85. The number of para-hydroxylation sites is 1. The number of aliphatic hydroxyl groups excluding tert-OH is 1. The third-order valence-electron chi connectivity index (χ3n) is 3.85. The van der Waals surface area contributed by atoms with E-state index in [0.29, 0.717) is 11.9 Å². The number of rotatable bonds is 2. The molecule has 0 radical (unpaired) electrons. The van der Waals surface area contributed by atoms with E-state index < -0.39 is 0 Å². The lowest BCUT2D eigenvalue weighted by atomic mass is 9.92. The van der Waals surface area contributed by atoms with Crippen molar-refractivity contribution in [2.24, 2.45) is 5.92 Å². The maximum Gasteiger partial charge on any atom is 0.245 e. The van der Waals surface area contributed by atoms with E-state index in [9.17, 15) is 5.11 Å². The predicted octanol–water partition coefficient (Wildman–Crippen LogP) is 1.62. The summed E-state index contributed by atoms with van der Waals surface area (Å²) in [7, 11) is 0. The number of fused-ring (bicyclic) bond motifs is 1. The van der Waals surface area contributed by atoms with Gasteiger partial charge in [0, 0.05) is 13.1 Å². The van der Waals surface area contributed by atoms with Gasteiger partial charge < -0.3 is 10.0 Å². The summed E-state index contributed by atoms with van der Waals surface area (Å²) in [5.74, 6) is 1.09. The van der Waals surface area contributed by atoms with Crippen molar-refractivity contribution in [3.05, 3.63) is 24.3 Å². The highest BCUT2D eigenvalue weighted by Gasteiger charge is 2.24. The second kappa shape index (κ2) is 5.09. The summed E-state index contributed by atoms with van der Waals surface area (Å²) in [5, 5.41) is 18.0. The van der Waals surface area contributed by atoms with E-state index in [1.165, 1.54) is 0 Å². The van der Waals surface area contributed by atoms with Gasteiger partial charge in [-0.05, 0) is 37.8 Å².